The molecule has 0 aromatic heterocycles. The van der Waals surface area contributed by atoms with Gasteiger partial charge in [0.1, 0.15) is 0 Å². The van der Waals surface area contributed by atoms with E-state index in [0.717, 1.165) is 0 Å². The summed E-state index contributed by atoms with van der Waals surface area (Å²) in [5.41, 5.74) is 0. The van der Waals surface area contributed by atoms with Crippen molar-refractivity contribution in [2.75, 3.05) is 25.6 Å². The van der Waals surface area contributed by atoms with Crippen molar-refractivity contribution in [1.29, 1.82) is 0 Å². The zero-order valence-electron chi connectivity index (χ0n) is 7.78. The van der Waals surface area contributed by atoms with Crippen molar-refractivity contribution in [1.82, 2.24) is 10.2 Å². The van der Waals surface area contributed by atoms with Crippen molar-refractivity contribution in [2.24, 2.45) is 0 Å². The van der Waals surface area contributed by atoms with E-state index >= 15 is 0 Å². The Morgan fingerprint density at radius 1 is 1.46 bits per heavy atom. The van der Waals surface area contributed by atoms with Crippen LogP contribution in [0.5, 0.6) is 0 Å². The molecule has 13 heavy (non-hydrogen) atoms. The number of nitrogens with one attached hydrogen (secondary N) is 1. The summed E-state index contributed by atoms with van der Waals surface area (Å²) in [6.45, 7) is 0. The molecule has 0 aromatic carbocycles. The number of amides is 2. The van der Waals surface area contributed by atoms with Gasteiger partial charge in [0, 0.05) is 20.1 Å². The Hall–Kier alpha value is -0.780. The quantitative estimate of drug-likeness (QED) is 0.625. The smallest absolute Gasteiger partial charge is 0.317 e. The molecule has 2 amide bonds. The van der Waals surface area contributed by atoms with Gasteiger partial charge in [-0.05, 0) is 6.42 Å². The number of rotatable bonds is 1. The molecule has 1 N–H and O–H groups in total. The average molecular weight is 206 g/mol. The third-order valence-electron chi connectivity index (χ3n) is 1.97. The molecule has 0 unspecified atom stereocenters. The lowest BCUT2D eigenvalue weighted by Gasteiger charge is -2.15. The van der Waals surface area contributed by atoms with Gasteiger partial charge in [0.2, 0.25) is 0 Å². The van der Waals surface area contributed by atoms with Gasteiger partial charge in [-0.2, -0.15) is 0 Å². The fourth-order valence-electron chi connectivity index (χ4n) is 1.21. The monoisotopic (exact) mass is 206 g/mol. The second kappa shape index (κ2) is 3.53. The summed E-state index contributed by atoms with van der Waals surface area (Å²) in [4.78, 5) is 12.5. The maximum absolute atomic E-state index is 11.1. The summed E-state index contributed by atoms with van der Waals surface area (Å²) < 4.78 is 22.1. The van der Waals surface area contributed by atoms with E-state index < -0.39 is 9.84 Å². The zero-order chi connectivity index (χ0) is 10.1. The molecule has 1 rings (SSSR count). The molecule has 0 bridgehead atoms. The molecule has 76 valence electrons. The minimum atomic E-state index is -2.90. The molecular formula is C7H14N2O3S. The third-order valence-corrected chi connectivity index (χ3v) is 3.73. The second-order valence-electron chi connectivity index (χ2n) is 3.44. The van der Waals surface area contributed by atoms with E-state index in [0.29, 0.717) is 6.42 Å². The number of sulfone groups is 1. The van der Waals surface area contributed by atoms with Gasteiger partial charge in [-0.1, -0.05) is 0 Å². The van der Waals surface area contributed by atoms with Crippen molar-refractivity contribution in [3.63, 3.8) is 0 Å². The van der Waals surface area contributed by atoms with E-state index in [9.17, 15) is 13.2 Å². The predicted octanol–water partition coefficient (Wildman–Crippen LogP) is -0.555. The number of hydrogen-bond acceptors (Lipinski definition) is 3. The van der Waals surface area contributed by atoms with Crippen LogP contribution in [0.1, 0.15) is 6.42 Å². The van der Waals surface area contributed by atoms with Gasteiger partial charge >= 0.3 is 6.03 Å². The Kier molecular flexibility index (Phi) is 2.80. The van der Waals surface area contributed by atoms with Crippen LogP contribution in [0.2, 0.25) is 0 Å². The van der Waals surface area contributed by atoms with Crippen LogP contribution in [0.25, 0.3) is 0 Å². The van der Waals surface area contributed by atoms with Crippen LogP contribution in [-0.2, 0) is 9.84 Å². The fraction of sp³-hybridized carbons (Fsp3) is 0.857. The molecule has 1 atom stereocenters. The van der Waals surface area contributed by atoms with E-state index in [-0.39, 0.29) is 23.6 Å². The van der Waals surface area contributed by atoms with Gasteiger partial charge < -0.3 is 10.2 Å². The molecule has 0 saturated carbocycles. The molecule has 0 spiro atoms. The molecule has 1 saturated heterocycles. The summed E-state index contributed by atoms with van der Waals surface area (Å²) >= 11 is 0. The Morgan fingerprint density at radius 2 is 2.08 bits per heavy atom. The molecule has 0 radical (unpaired) electrons. The number of carbonyl (C=O) groups is 1. The second-order valence-corrected chi connectivity index (χ2v) is 5.67. The van der Waals surface area contributed by atoms with Crippen LogP contribution in [0.3, 0.4) is 0 Å². The molecular weight excluding hydrogens is 192 g/mol. The van der Waals surface area contributed by atoms with Crippen LogP contribution in [0, 0.1) is 0 Å². The topological polar surface area (TPSA) is 66.5 Å². The van der Waals surface area contributed by atoms with Gasteiger partial charge in [-0.15, -0.1) is 0 Å². The average Bonchev–Trinajstić information content (AvgIpc) is 2.30. The first-order chi connectivity index (χ1) is 5.91. The van der Waals surface area contributed by atoms with E-state index in [1.807, 2.05) is 0 Å². The van der Waals surface area contributed by atoms with Crippen LogP contribution in [0.4, 0.5) is 4.79 Å². The Morgan fingerprint density at radius 3 is 2.46 bits per heavy atom. The van der Waals surface area contributed by atoms with E-state index in [1.54, 1.807) is 14.1 Å². The van der Waals surface area contributed by atoms with Crippen LogP contribution in [-0.4, -0.2) is 51.0 Å². The maximum Gasteiger partial charge on any atom is 0.317 e. The summed E-state index contributed by atoms with van der Waals surface area (Å²) in [7, 11) is 0.348. The van der Waals surface area contributed by atoms with E-state index in [2.05, 4.69) is 5.32 Å². The van der Waals surface area contributed by atoms with Crippen molar-refractivity contribution in [3.8, 4) is 0 Å². The third kappa shape index (κ3) is 2.87. The molecule has 1 aliphatic heterocycles. The molecule has 6 heteroatoms. The SMILES string of the molecule is CN(C)C(=O)N[C@@H]1CCS(=O)(=O)C1. The predicted molar refractivity (Wildman–Crippen MR) is 49.3 cm³/mol. The van der Waals surface area contributed by atoms with Crippen LogP contribution < -0.4 is 5.32 Å². The number of hydrogen-bond donors (Lipinski definition) is 1. The first kappa shape index (κ1) is 10.3. The molecule has 0 aliphatic carbocycles. The van der Waals surface area contributed by atoms with Gasteiger partial charge in [0.05, 0.1) is 11.5 Å². The largest absolute Gasteiger partial charge is 0.334 e. The number of urea groups is 1. The molecule has 1 heterocycles. The Balaban J connectivity index is 2.46. The maximum atomic E-state index is 11.1. The van der Waals surface area contributed by atoms with Gasteiger partial charge in [0.25, 0.3) is 0 Å². The Bertz CT molecular complexity index is 297. The van der Waals surface area contributed by atoms with Gasteiger partial charge in [-0.25, -0.2) is 13.2 Å². The summed E-state index contributed by atoms with van der Waals surface area (Å²) in [5.74, 6) is 0.262. The van der Waals surface area contributed by atoms with Crippen LogP contribution in [0.15, 0.2) is 0 Å². The summed E-state index contributed by atoms with van der Waals surface area (Å²) in [6, 6.07) is -0.443. The van der Waals surface area contributed by atoms with Crippen molar-refractivity contribution >= 4 is 15.9 Å². The minimum Gasteiger partial charge on any atom is -0.334 e. The fourth-order valence-corrected chi connectivity index (χ4v) is 2.89. The first-order valence-corrected chi connectivity index (χ1v) is 5.91. The summed E-state index contributed by atoms with van der Waals surface area (Å²) in [5, 5.41) is 2.64. The highest BCUT2D eigenvalue weighted by Crippen LogP contribution is 2.11. The highest BCUT2D eigenvalue weighted by atomic mass is 32.2. The molecule has 5 nitrogen and oxygen atoms in total. The number of nitrogens with zero attached hydrogens (tertiary/aromatic N) is 1. The normalized spacial score (nSPS) is 25.5. The highest BCUT2D eigenvalue weighted by molar-refractivity contribution is 7.91. The highest BCUT2D eigenvalue weighted by Gasteiger charge is 2.29. The summed E-state index contributed by atoms with van der Waals surface area (Å²) in [6.07, 6.45) is 0.530. The molecule has 1 aliphatic rings. The molecule has 0 aromatic rings. The lowest BCUT2D eigenvalue weighted by atomic mass is 10.3. The van der Waals surface area contributed by atoms with E-state index in [4.69, 9.17) is 0 Å². The van der Waals surface area contributed by atoms with Crippen LogP contribution >= 0.6 is 0 Å². The lowest BCUT2D eigenvalue weighted by molar-refractivity contribution is 0.214. The standard InChI is InChI=1S/C7H14N2O3S/c1-9(2)7(10)8-6-3-4-13(11,12)5-6/h6H,3-5H2,1-2H3,(H,8,10)/t6-/m1/s1. The molecule has 1 fully saturated rings. The lowest BCUT2D eigenvalue weighted by Crippen LogP contribution is -2.41. The first-order valence-electron chi connectivity index (χ1n) is 4.09. The van der Waals surface area contributed by atoms with Gasteiger partial charge in [-0.3, -0.25) is 0 Å². The number of carbonyl (C=O) groups excluding carboxylic acids is 1. The van der Waals surface area contributed by atoms with E-state index in [1.165, 1.54) is 4.90 Å². The minimum absolute atomic E-state index is 0.0760. The zero-order valence-corrected chi connectivity index (χ0v) is 8.60. The van der Waals surface area contributed by atoms with Crippen molar-refractivity contribution < 1.29 is 13.2 Å². The van der Waals surface area contributed by atoms with Crippen molar-refractivity contribution in [3.05, 3.63) is 0 Å². The van der Waals surface area contributed by atoms with Crippen molar-refractivity contribution in [2.45, 2.75) is 12.5 Å². The Labute approximate surface area is 78.0 Å². The van der Waals surface area contributed by atoms with Gasteiger partial charge in [0.15, 0.2) is 9.84 Å².